The Morgan fingerprint density at radius 2 is 2.18 bits per heavy atom. The number of hydrogen-bond donors (Lipinski definition) is 1. The van der Waals surface area contributed by atoms with Crippen molar-refractivity contribution in [2.24, 2.45) is 0 Å². The van der Waals surface area contributed by atoms with Crippen LogP contribution in [0.5, 0.6) is 5.75 Å². The van der Waals surface area contributed by atoms with Gasteiger partial charge in [0.05, 0.1) is 0 Å². The van der Waals surface area contributed by atoms with Crippen molar-refractivity contribution < 1.29 is 5.11 Å². The summed E-state index contributed by atoms with van der Waals surface area (Å²) < 4.78 is 0. The molecule has 0 amide bonds. The Morgan fingerprint density at radius 3 is 2.88 bits per heavy atom. The second-order valence-corrected chi connectivity index (χ2v) is 5.38. The molecule has 1 atom stereocenters. The summed E-state index contributed by atoms with van der Waals surface area (Å²) in [4.78, 5) is 2.43. The number of nitrogens with zero attached hydrogens (tertiary/aromatic N) is 1. The maximum atomic E-state index is 9.68. The van der Waals surface area contributed by atoms with Gasteiger partial charge in [0.15, 0.2) is 0 Å². The Balaban J connectivity index is 2.34. The lowest BCUT2D eigenvalue weighted by atomic mass is 9.74. The van der Waals surface area contributed by atoms with Crippen molar-refractivity contribution in [2.45, 2.75) is 38.0 Å². The zero-order valence-corrected chi connectivity index (χ0v) is 10.9. The maximum Gasteiger partial charge on any atom is 0.115 e. The molecule has 1 aliphatic rings. The van der Waals surface area contributed by atoms with Crippen LogP contribution in [0.15, 0.2) is 24.3 Å². The van der Waals surface area contributed by atoms with Gasteiger partial charge in [0.2, 0.25) is 0 Å². The molecule has 1 N–H and O–H groups in total. The summed E-state index contributed by atoms with van der Waals surface area (Å²) in [5.74, 6) is 0.391. The number of likely N-dealkylation sites (tertiary alicyclic amines) is 1. The molecule has 1 fully saturated rings. The fourth-order valence-corrected chi connectivity index (χ4v) is 3.08. The zero-order chi connectivity index (χ0) is 12.3. The van der Waals surface area contributed by atoms with Crippen molar-refractivity contribution in [1.29, 1.82) is 0 Å². The van der Waals surface area contributed by atoms with Gasteiger partial charge in [-0.3, -0.25) is 0 Å². The lowest BCUT2D eigenvalue weighted by Gasteiger charge is -2.35. The van der Waals surface area contributed by atoms with Crippen molar-refractivity contribution in [1.82, 2.24) is 4.90 Å². The third-order valence-corrected chi connectivity index (χ3v) is 4.15. The minimum atomic E-state index is 0.226. The summed E-state index contributed by atoms with van der Waals surface area (Å²) in [6.07, 6.45) is 4.95. The van der Waals surface area contributed by atoms with Crippen LogP contribution in [0.2, 0.25) is 0 Å². The van der Waals surface area contributed by atoms with Crippen LogP contribution in [0.4, 0.5) is 0 Å². The van der Waals surface area contributed by atoms with E-state index in [1.165, 1.54) is 31.4 Å². The minimum Gasteiger partial charge on any atom is -0.508 e. The summed E-state index contributed by atoms with van der Waals surface area (Å²) in [6, 6.07) is 7.84. The van der Waals surface area contributed by atoms with Crippen molar-refractivity contribution in [3.63, 3.8) is 0 Å². The molecule has 1 saturated heterocycles. The van der Waals surface area contributed by atoms with E-state index in [0.717, 1.165) is 13.0 Å². The monoisotopic (exact) mass is 232 g/mol. The highest BCUT2D eigenvalue weighted by Crippen LogP contribution is 2.37. The average molecular weight is 232 g/mol. The largest absolute Gasteiger partial charge is 0.508 e. The van der Waals surface area contributed by atoms with E-state index in [0.29, 0.717) is 5.75 Å². The molecule has 94 valence electrons. The molecule has 0 radical (unpaired) electrons. The average Bonchev–Trinajstić information content (AvgIpc) is 2.52. The number of benzene rings is 1. The van der Waals surface area contributed by atoms with Gasteiger partial charge in [-0.25, -0.2) is 0 Å². The van der Waals surface area contributed by atoms with E-state index in [1.54, 1.807) is 6.07 Å². The molecule has 1 unspecified atom stereocenters. The van der Waals surface area contributed by atoms with Crippen LogP contribution in [0.1, 0.15) is 38.2 Å². The molecule has 1 aromatic carbocycles. The first kappa shape index (κ1) is 12.4. The fourth-order valence-electron chi connectivity index (χ4n) is 3.08. The van der Waals surface area contributed by atoms with E-state index in [-0.39, 0.29) is 5.41 Å². The first-order valence-corrected chi connectivity index (χ1v) is 6.64. The molecular formula is C15H23NO. The topological polar surface area (TPSA) is 23.5 Å². The summed E-state index contributed by atoms with van der Waals surface area (Å²) >= 11 is 0. The SMILES string of the molecule is CCC1(c2cccc(O)c2)CCCCN([11CH3])C1. The predicted molar refractivity (Wildman–Crippen MR) is 71.4 cm³/mol. The van der Waals surface area contributed by atoms with Crippen LogP contribution in [-0.4, -0.2) is 30.1 Å². The van der Waals surface area contributed by atoms with Gasteiger partial charge < -0.3 is 10.0 Å². The van der Waals surface area contributed by atoms with Crippen LogP contribution < -0.4 is 0 Å². The van der Waals surface area contributed by atoms with E-state index in [1.807, 2.05) is 12.1 Å². The lowest BCUT2D eigenvalue weighted by molar-refractivity contribution is 0.256. The quantitative estimate of drug-likeness (QED) is 0.846. The van der Waals surface area contributed by atoms with Crippen LogP contribution in [0.25, 0.3) is 0 Å². The van der Waals surface area contributed by atoms with Gasteiger partial charge >= 0.3 is 0 Å². The molecule has 2 heteroatoms. The molecule has 0 bridgehead atoms. The maximum absolute atomic E-state index is 9.68. The van der Waals surface area contributed by atoms with E-state index in [2.05, 4.69) is 24.9 Å². The highest BCUT2D eigenvalue weighted by atomic mass is 16.3. The Hall–Kier alpha value is -1.02. The van der Waals surface area contributed by atoms with Gasteiger partial charge in [0, 0.05) is 12.0 Å². The van der Waals surface area contributed by atoms with Crippen molar-refractivity contribution in [3.05, 3.63) is 29.8 Å². The first-order chi connectivity index (χ1) is 8.16. The molecule has 0 saturated carbocycles. The van der Waals surface area contributed by atoms with E-state index in [4.69, 9.17) is 0 Å². The normalized spacial score (nSPS) is 26.7. The predicted octanol–water partition coefficient (Wildman–Crippen LogP) is 3.16. The molecule has 17 heavy (non-hydrogen) atoms. The van der Waals surface area contributed by atoms with Crippen molar-refractivity contribution in [2.75, 3.05) is 20.1 Å². The van der Waals surface area contributed by atoms with Gasteiger partial charge in [0.1, 0.15) is 5.75 Å². The minimum absolute atomic E-state index is 0.226. The lowest BCUT2D eigenvalue weighted by Crippen LogP contribution is -2.37. The highest BCUT2D eigenvalue weighted by molar-refractivity contribution is 5.33. The number of aromatic hydroxyl groups is 1. The fraction of sp³-hybridized carbons (Fsp3) is 0.600. The highest BCUT2D eigenvalue weighted by Gasteiger charge is 2.33. The van der Waals surface area contributed by atoms with E-state index in [9.17, 15) is 5.11 Å². The smallest absolute Gasteiger partial charge is 0.115 e. The van der Waals surface area contributed by atoms with E-state index < -0.39 is 0 Å². The number of likely N-dealkylation sites (N-methyl/N-ethyl adjacent to an activating group) is 1. The number of hydrogen-bond acceptors (Lipinski definition) is 2. The molecule has 0 aliphatic carbocycles. The van der Waals surface area contributed by atoms with Gasteiger partial charge in [-0.1, -0.05) is 25.5 Å². The van der Waals surface area contributed by atoms with Crippen LogP contribution >= 0.6 is 0 Å². The van der Waals surface area contributed by atoms with Gasteiger partial charge in [0.25, 0.3) is 0 Å². The van der Waals surface area contributed by atoms with Crippen LogP contribution in [0.3, 0.4) is 0 Å². The Kier molecular flexibility index (Phi) is 3.72. The number of rotatable bonds is 2. The third kappa shape index (κ3) is 2.63. The molecular weight excluding hydrogens is 209 g/mol. The van der Waals surface area contributed by atoms with Crippen LogP contribution in [-0.2, 0) is 5.41 Å². The van der Waals surface area contributed by atoms with Gasteiger partial charge in [-0.15, -0.1) is 0 Å². The molecule has 1 aliphatic heterocycles. The Labute approximate surface area is 104 Å². The Bertz CT molecular complexity index is 377. The van der Waals surface area contributed by atoms with Crippen LogP contribution in [0, 0.1) is 0 Å². The molecule has 1 aromatic rings. The van der Waals surface area contributed by atoms with Crippen molar-refractivity contribution >= 4 is 0 Å². The van der Waals surface area contributed by atoms with Crippen molar-refractivity contribution in [3.8, 4) is 5.75 Å². The summed E-state index contributed by atoms with van der Waals surface area (Å²) in [7, 11) is 2.21. The molecule has 0 spiro atoms. The second-order valence-electron chi connectivity index (χ2n) is 5.38. The van der Waals surface area contributed by atoms with E-state index >= 15 is 0 Å². The summed E-state index contributed by atoms with van der Waals surface area (Å²) in [6.45, 7) is 4.57. The number of phenolic OH excluding ortho intramolecular Hbond substituents is 1. The molecule has 2 nitrogen and oxygen atoms in total. The molecule has 2 rings (SSSR count). The third-order valence-electron chi connectivity index (χ3n) is 4.15. The standard InChI is InChI=1S/C15H23NO/c1-3-15(9-4-5-10-16(2)12-15)13-7-6-8-14(17)11-13/h6-8,11,17H,3-5,9-10,12H2,1-2H3/i2-1. The zero-order valence-electron chi connectivity index (χ0n) is 10.9. The molecule has 0 aromatic heterocycles. The van der Waals surface area contributed by atoms with Gasteiger partial charge in [-0.2, -0.15) is 0 Å². The summed E-state index contributed by atoms with van der Waals surface area (Å²) in [5.41, 5.74) is 1.53. The molecule has 1 heterocycles. The first-order valence-electron chi connectivity index (χ1n) is 6.64. The second kappa shape index (κ2) is 5.09. The summed E-state index contributed by atoms with van der Waals surface area (Å²) in [5, 5.41) is 9.68. The number of phenols is 1. The Morgan fingerprint density at radius 1 is 1.35 bits per heavy atom. The van der Waals surface area contributed by atoms with Gasteiger partial charge in [-0.05, 0) is 50.6 Å².